The molecule has 0 amide bonds. The highest BCUT2D eigenvalue weighted by atomic mass is 19.3. The molecule has 1 heterocycles. The normalized spacial score (nSPS) is 35.6. The Balaban J connectivity index is 2.54. The summed E-state index contributed by atoms with van der Waals surface area (Å²) in [6.07, 6.45) is -2.86. The van der Waals surface area contributed by atoms with Crippen molar-refractivity contribution in [2.75, 3.05) is 6.61 Å². The Hall–Kier alpha value is -0.250. The van der Waals surface area contributed by atoms with E-state index in [1.165, 1.54) is 0 Å². The van der Waals surface area contributed by atoms with Gasteiger partial charge in [-0.3, -0.25) is 0 Å². The number of ether oxygens (including phenoxy) is 1. The van der Waals surface area contributed by atoms with Crippen LogP contribution in [0.15, 0.2) is 0 Å². The van der Waals surface area contributed by atoms with E-state index in [0.29, 0.717) is 0 Å². The average Bonchev–Trinajstić information content (AvgIpc) is 1.86. The molecular formula is C4H5F3O. The Morgan fingerprint density at radius 1 is 1.50 bits per heavy atom. The van der Waals surface area contributed by atoms with Crippen molar-refractivity contribution in [3.05, 3.63) is 0 Å². The van der Waals surface area contributed by atoms with Gasteiger partial charge in [0.2, 0.25) is 0 Å². The number of alkyl halides is 3. The Labute approximate surface area is 44.4 Å². The van der Waals surface area contributed by atoms with E-state index >= 15 is 0 Å². The molecular weight excluding hydrogens is 121 g/mol. The summed E-state index contributed by atoms with van der Waals surface area (Å²) in [6.45, 7) is -0.172. The van der Waals surface area contributed by atoms with E-state index in [9.17, 15) is 13.2 Å². The minimum atomic E-state index is -3.24. The molecule has 0 aromatic carbocycles. The molecule has 8 heavy (non-hydrogen) atoms. The van der Waals surface area contributed by atoms with Gasteiger partial charge in [-0.05, 0) is 0 Å². The molecule has 1 aliphatic heterocycles. The SMILES string of the molecule is FC1OCCC1(F)F. The molecule has 1 unspecified atom stereocenters. The molecule has 1 saturated heterocycles. The summed E-state index contributed by atoms with van der Waals surface area (Å²) in [5.74, 6) is -3.24. The van der Waals surface area contributed by atoms with E-state index in [0.717, 1.165) is 0 Å². The second kappa shape index (κ2) is 1.62. The Morgan fingerprint density at radius 2 is 2.12 bits per heavy atom. The Morgan fingerprint density at radius 3 is 2.25 bits per heavy atom. The molecule has 1 rings (SSSR count). The molecule has 0 aliphatic carbocycles. The van der Waals surface area contributed by atoms with Gasteiger partial charge in [0.25, 0.3) is 6.36 Å². The van der Waals surface area contributed by atoms with Crippen LogP contribution in [0.1, 0.15) is 6.42 Å². The third-order valence-electron chi connectivity index (χ3n) is 1.03. The predicted octanol–water partition coefficient (Wildman–Crippen LogP) is 1.34. The molecule has 4 heteroatoms. The van der Waals surface area contributed by atoms with Crippen LogP contribution < -0.4 is 0 Å². The summed E-state index contributed by atoms with van der Waals surface area (Å²) in [5, 5.41) is 0. The van der Waals surface area contributed by atoms with Crippen LogP contribution in [-0.4, -0.2) is 18.9 Å². The molecule has 48 valence electrons. The molecule has 0 saturated carbocycles. The fourth-order valence-electron chi connectivity index (χ4n) is 0.534. The minimum Gasteiger partial charge on any atom is -0.343 e. The summed E-state index contributed by atoms with van der Waals surface area (Å²) < 4.78 is 39.4. The van der Waals surface area contributed by atoms with E-state index in [-0.39, 0.29) is 6.61 Å². The lowest BCUT2D eigenvalue weighted by molar-refractivity contribution is -0.133. The van der Waals surface area contributed by atoms with E-state index in [2.05, 4.69) is 4.74 Å². The van der Waals surface area contributed by atoms with Gasteiger partial charge < -0.3 is 4.74 Å². The van der Waals surface area contributed by atoms with Crippen LogP contribution in [0.4, 0.5) is 13.2 Å². The lowest BCUT2D eigenvalue weighted by Crippen LogP contribution is -2.23. The van der Waals surface area contributed by atoms with E-state index < -0.39 is 18.7 Å². The van der Waals surface area contributed by atoms with Crippen LogP contribution in [0, 0.1) is 0 Å². The number of rotatable bonds is 0. The first-order valence-electron chi connectivity index (χ1n) is 2.26. The maximum absolute atomic E-state index is 11.8. The first-order chi connectivity index (χ1) is 3.63. The maximum atomic E-state index is 11.8. The summed E-state index contributed by atoms with van der Waals surface area (Å²) in [6, 6.07) is 0. The van der Waals surface area contributed by atoms with Gasteiger partial charge in [0.1, 0.15) is 0 Å². The van der Waals surface area contributed by atoms with Gasteiger partial charge in [0.05, 0.1) is 6.61 Å². The van der Waals surface area contributed by atoms with Crippen LogP contribution in [-0.2, 0) is 4.74 Å². The van der Waals surface area contributed by atoms with E-state index in [1.54, 1.807) is 0 Å². The highest BCUT2D eigenvalue weighted by Crippen LogP contribution is 2.31. The zero-order valence-electron chi connectivity index (χ0n) is 4.03. The van der Waals surface area contributed by atoms with Crippen LogP contribution in [0.3, 0.4) is 0 Å². The summed E-state index contributed by atoms with van der Waals surface area (Å²) in [7, 11) is 0. The topological polar surface area (TPSA) is 9.23 Å². The molecule has 0 spiro atoms. The summed E-state index contributed by atoms with van der Waals surface area (Å²) in [5.41, 5.74) is 0. The largest absolute Gasteiger partial charge is 0.343 e. The van der Waals surface area contributed by atoms with Gasteiger partial charge in [0, 0.05) is 6.42 Å². The van der Waals surface area contributed by atoms with Gasteiger partial charge in [-0.1, -0.05) is 0 Å². The molecule has 0 aromatic rings. The van der Waals surface area contributed by atoms with Crippen molar-refractivity contribution in [2.24, 2.45) is 0 Å². The van der Waals surface area contributed by atoms with Crippen LogP contribution >= 0.6 is 0 Å². The van der Waals surface area contributed by atoms with E-state index in [4.69, 9.17) is 0 Å². The van der Waals surface area contributed by atoms with Crippen molar-refractivity contribution in [1.29, 1.82) is 0 Å². The van der Waals surface area contributed by atoms with Gasteiger partial charge in [-0.2, -0.15) is 0 Å². The van der Waals surface area contributed by atoms with Crippen molar-refractivity contribution >= 4 is 0 Å². The molecule has 1 nitrogen and oxygen atoms in total. The highest BCUT2D eigenvalue weighted by Gasteiger charge is 2.45. The summed E-state index contributed by atoms with van der Waals surface area (Å²) in [4.78, 5) is 0. The zero-order chi connectivity index (χ0) is 6.20. The second-order valence-corrected chi connectivity index (χ2v) is 1.70. The van der Waals surface area contributed by atoms with Crippen molar-refractivity contribution in [1.82, 2.24) is 0 Å². The monoisotopic (exact) mass is 126 g/mol. The van der Waals surface area contributed by atoms with Gasteiger partial charge >= 0.3 is 5.92 Å². The van der Waals surface area contributed by atoms with Crippen molar-refractivity contribution in [3.63, 3.8) is 0 Å². The molecule has 0 radical (unpaired) electrons. The fourth-order valence-corrected chi connectivity index (χ4v) is 0.534. The quantitative estimate of drug-likeness (QED) is 0.475. The maximum Gasteiger partial charge on any atom is 0.304 e. The predicted molar refractivity (Wildman–Crippen MR) is 20.4 cm³/mol. The Bertz CT molecular complexity index is 93.3. The standard InChI is InChI=1S/C4H5F3O/c5-3-4(6,7)1-2-8-3/h3H,1-2H2. The molecule has 1 aliphatic rings. The zero-order valence-corrected chi connectivity index (χ0v) is 4.03. The lowest BCUT2D eigenvalue weighted by atomic mass is 10.3. The van der Waals surface area contributed by atoms with Crippen molar-refractivity contribution in [2.45, 2.75) is 18.7 Å². The van der Waals surface area contributed by atoms with Gasteiger partial charge in [-0.25, -0.2) is 13.2 Å². The van der Waals surface area contributed by atoms with E-state index in [1.807, 2.05) is 0 Å². The molecule has 0 bridgehead atoms. The minimum absolute atomic E-state index is 0.172. The third-order valence-corrected chi connectivity index (χ3v) is 1.03. The molecule has 1 fully saturated rings. The molecule has 1 atom stereocenters. The van der Waals surface area contributed by atoms with Crippen molar-refractivity contribution in [3.8, 4) is 0 Å². The van der Waals surface area contributed by atoms with Crippen molar-refractivity contribution < 1.29 is 17.9 Å². The third kappa shape index (κ3) is 0.798. The molecule has 0 N–H and O–H groups in total. The highest BCUT2D eigenvalue weighted by molar-refractivity contribution is 4.74. The first kappa shape index (κ1) is 5.88. The van der Waals surface area contributed by atoms with Crippen LogP contribution in [0.25, 0.3) is 0 Å². The lowest BCUT2D eigenvalue weighted by Gasteiger charge is -2.07. The fraction of sp³-hybridized carbons (Fsp3) is 1.00. The molecule has 0 aromatic heterocycles. The first-order valence-corrected chi connectivity index (χ1v) is 2.26. The van der Waals surface area contributed by atoms with Gasteiger partial charge in [-0.15, -0.1) is 0 Å². The number of halogens is 3. The summed E-state index contributed by atoms with van der Waals surface area (Å²) >= 11 is 0. The number of hydrogen-bond donors (Lipinski definition) is 0. The second-order valence-electron chi connectivity index (χ2n) is 1.70. The Kier molecular flexibility index (Phi) is 1.19. The average molecular weight is 126 g/mol. The number of hydrogen-bond acceptors (Lipinski definition) is 1. The van der Waals surface area contributed by atoms with Gasteiger partial charge in [0.15, 0.2) is 0 Å². The van der Waals surface area contributed by atoms with Crippen LogP contribution in [0.5, 0.6) is 0 Å². The smallest absolute Gasteiger partial charge is 0.304 e. The van der Waals surface area contributed by atoms with Crippen LogP contribution in [0.2, 0.25) is 0 Å².